The molecule has 0 fully saturated rings. The second-order valence-electron chi connectivity index (χ2n) is 6.97. The fourth-order valence-electron chi connectivity index (χ4n) is 2.71. The summed E-state index contributed by atoms with van der Waals surface area (Å²) in [6.07, 6.45) is -1.67. The summed E-state index contributed by atoms with van der Waals surface area (Å²) in [6, 6.07) is 8.90. The summed E-state index contributed by atoms with van der Waals surface area (Å²) in [5.74, 6) is -0.593. The van der Waals surface area contributed by atoms with Gasteiger partial charge in [-0.2, -0.15) is 18.2 Å². The summed E-state index contributed by atoms with van der Waals surface area (Å²) < 4.78 is 63.7. The van der Waals surface area contributed by atoms with E-state index in [1.54, 1.807) is 12.1 Å². The minimum absolute atomic E-state index is 0.0538. The number of pyridine rings is 1. The Hall–Kier alpha value is -3.74. The van der Waals surface area contributed by atoms with Crippen molar-refractivity contribution in [1.29, 1.82) is 0 Å². The third-order valence-corrected chi connectivity index (χ3v) is 5.31. The van der Waals surface area contributed by atoms with Crippen molar-refractivity contribution in [3.8, 4) is 0 Å². The summed E-state index contributed by atoms with van der Waals surface area (Å²) in [6.45, 7) is 1.23. The second kappa shape index (κ2) is 9.40. The fraction of sp³-hybridized carbons (Fsp3) is 0.200. The lowest BCUT2D eigenvalue weighted by Gasteiger charge is -2.15. The average molecular weight is 480 g/mol. The van der Waals surface area contributed by atoms with Crippen LogP contribution in [0.5, 0.6) is 0 Å². The summed E-state index contributed by atoms with van der Waals surface area (Å²) in [5, 5.41) is 7.84. The Balaban J connectivity index is 1.83. The number of alkyl halides is 3. The number of carbonyl (C=O) groups is 1. The molecule has 174 valence electrons. The number of hydrogen-bond donors (Lipinski definition) is 3. The Morgan fingerprint density at radius 2 is 1.85 bits per heavy atom. The van der Waals surface area contributed by atoms with E-state index in [1.807, 2.05) is 0 Å². The van der Waals surface area contributed by atoms with E-state index >= 15 is 0 Å². The molecule has 0 spiro atoms. The molecule has 1 amide bonds. The highest BCUT2D eigenvalue weighted by Gasteiger charge is 2.35. The zero-order valence-corrected chi connectivity index (χ0v) is 18.3. The molecule has 0 saturated heterocycles. The van der Waals surface area contributed by atoms with E-state index in [0.717, 1.165) is 6.26 Å². The fourth-order valence-corrected chi connectivity index (χ4v) is 3.40. The average Bonchev–Trinajstić information content (AvgIpc) is 2.72. The third kappa shape index (κ3) is 6.62. The number of sulfone groups is 1. The smallest absolute Gasteiger partial charge is 0.365 e. The molecule has 2 aromatic heterocycles. The van der Waals surface area contributed by atoms with Crippen LogP contribution in [-0.2, 0) is 27.4 Å². The molecule has 0 unspecified atom stereocenters. The van der Waals surface area contributed by atoms with Crippen LogP contribution >= 0.6 is 0 Å². The van der Waals surface area contributed by atoms with E-state index < -0.39 is 27.4 Å². The normalized spacial score (nSPS) is 11.7. The summed E-state index contributed by atoms with van der Waals surface area (Å²) >= 11 is 0. The highest BCUT2D eigenvalue weighted by molar-refractivity contribution is 7.90. The molecule has 0 aliphatic carbocycles. The van der Waals surface area contributed by atoms with Gasteiger partial charge in [0.25, 0.3) is 0 Å². The van der Waals surface area contributed by atoms with E-state index in [4.69, 9.17) is 0 Å². The quantitative estimate of drug-likeness (QED) is 0.468. The van der Waals surface area contributed by atoms with Crippen molar-refractivity contribution in [2.75, 3.05) is 22.2 Å². The zero-order valence-electron chi connectivity index (χ0n) is 17.4. The topological polar surface area (TPSA) is 126 Å². The molecule has 3 N–H and O–H groups in total. The Labute approximate surface area is 187 Å². The molecule has 0 radical (unpaired) electrons. The van der Waals surface area contributed by atoms with Crippen molar-refractivity contribution in [3.05, 3.63) is 59.9 Å². The van der Waals surface area contributed by atoms with Gasteiger partial charge in [-0.3, -0.25) is 4.79 Å². The Morgan fingerprint density at radius 1 is 1.09 bits per heavy atom. The number of carbonyl (C=O) groups excluding carboxylic acids is 1. The first-order valence-corrected chi connectivity index (χ1v) is 11.3. The third-order valence-electron chi connectivity index (χ3n) is 4.20. The monoisotopic (exact) mass is 480 g/mol. The second-order valence-corrected chi connectivity index (χ2v) is 8.98. The summed E-state index contributed by atoms with van der Waals surface area (Å²) in [4.78, 5) is 22.7. The number of rotatable bonds is 7. The van der Waals surface area contributed by atoms with Gasteiger partial charge in [-0.15, -0.1) is 0 Å². The van der Waals surface area contributed by atoms with E-state index in [2.05, 4.69) is 30.9 Å². The minimum atomic E-state index is -4.71. The summed E-state index contributed by atoms with van der Waals surface area (Å²) in [5.41, 5.74) is -0.237. The van der Waals surface area contributed by atoms with Crippen LogP contribution in [0.3, 0.4) is 0 Å². The predicted molar refractivity (Wildman–Crippen MR) is 116 cm³/mol. The van der Waals surface area contributed by atoms with Crippen molar-refractivity contribution in [2.45, 2.75) is 24.5 Å². The van der Waals surface area contributed by atoms with Crippen LogP contribution in [0.1, 0.15) is 18.1 Å². The highest BCUT2D eigenvalue weighted by atomic mass is 32.2. The number of halogens is 3. The molecule has 2 heterocycles. The number of nitrogens with one attached hydrogen (secondary N) is 3. The molecular weight excluding hydrogens is 461 g/mol. The lowest BCUT2D eigenvalue weighted by molar-refractivity contribution is -0.137. The van der Waals surface area contributed by atoms with Gasteiger partial charge in [0.1, 0.15) is 17.2 Å². The molecule has 0 bridgehead atoms. The first-order valence-electron chi connectivity index (χ1n) is 9.39. The lowest BCUT2D eigenvalue weighted by Crippen LogP contribution is -2.14. The van der Waals surface area contributed by atoms with Crippen LogP contribution in [0, 0.1) is 0 Å². The maximum absolute atomic E-state index is 13.4. The Morgan fingerprint density at radius 3 is 2.45 bits per heavy atom. The first-order chi connectivity index (χ1) is 15.4. The molecular formula is C20H19F3N6O3S. The number of amides is 1. The largest absolute Gasteiger partial charge is 0.421 e. The number of hydrogen-bond acceptors (Lipinski definition) is 8. The molecule has 0 aliphatic heterocycles. The molecule has 33 heavy (non-hydrogen) atoms. The first kappa shape index (κ1) is 23.9. The van der Waals surface area contributed by atoms with Crippen molar-refractivity contribution in [3.63, 3.8) is 0 Å². The van der Waals surface area contributed by atoms with Gasteiger partial charge in [0.15, 0.2) is 9.84 Å². The van der Waals surface area contributed by atoms with Crippen LogP contribution < -0.4 is 16.0 Å². The molecule has 0 atom stereocenters. The van der Waals surface area contributed by atoms with Gasteiger partial charge >= 0.3 is 6.18 Å². The van der Waals surface area contributed by atoms with Crippen LogP contribution in [0.15, 0.2) is 53.7 Å². The SMILES string of the molecule is CC(=O)Nc1ccc(Nc2ncc(C(F)(F)F)c(NCc3cccc(S(C)(=O)=O)c3)n2)cn1. The van der Waals surface area contributed by atoms with Crippen molar-refractivity contribution in [1.82, 2.24) is 15.0 Å². The summed E-state index contributed by atoms with van der Waals surface area (Å²) in [7, 11) is -3.46. The van der Waals surface area contributed by atoms with Gasteiger partial charge < -0.3 is 16.0 Å². The van der Waals surface area contributed by atoms with Gasteiger partial charge in [0.05, 0.1) is 16.8 Å². The van der Waals surface area contributed by atoms with E-state index in [0.29, 0.717) is 23.3 Å². The van der Waals surface area contributed by atoms with E-state index in [1.165, 1.54) is 37.4 Å². The molecule has 0 saturated carbocycles. The van der Waals surface area contributed by atoms with Crippen LogP contribution in [-0.4, -0.2) is 35.5 Å². The number of nitrogens with zero attached hydrogens (tertiary/aromatic N) is 3. The maximum Gasteiger partial charge on any atom is 0.421 e. The van der Waals surface area contributed by atoms with Crippen LogP contribution in [0.2, 0.25) is 0 Å². The molecule has 0 aliphatic rings. The van der Waals surface area contributed by atoms with E-state index in [-0.39, 0.29) is 23.3 Å². The number of benzene rings is 1. The highest BCUT2D eigenvalue weighted by Crippen LogP contribution is 2.34. The van der Waals surface area contributed by atoms with Gasteiger partial charge in [-0.25, -0.2) is 18.4 Å². The van der Waals surface area contributed by atoms with Gasteiger partial charge in [0, 0.05) is 25.9 Å². The standard InChI is InChI=1S/C20H19F3N6O3S/c1-12(30)27-17-7-6-14(10-24-17)28-19-26-11-16(20(21,22)23)18(29-19)25-9-13-4-3-5-15(8-13)33(2,31)32/h3-8,10-11H,9H2,1-2H3,(H,24,27,30)(H2,25,26,28,29). The van der Waals surface area contributed by atoms with Gasteiger partial charge in [-0.05, 0) is 29.8 Å². The molecule has 1 aromatic carbocycles. The Bertz CT molecular complexity index is 1260. The predicted octanol–water partition coefficient (Wildman–Crippen LogP) is 3.61. The molecule has 3 rings (SSSR count). The van der Waals surface area contributed by atoms with Crippen LogP contribution in [0.4, 0.5) is 36.4 Å². The Kier molecular flexibility index (Phi) is 6.81. The number of anilines is 4. The van der Waals surface area contributed by atoms with Crippen molar-refractivity contribution >= 4 is 39.0 Å². The minimum Gasteiger partial charge on any atom is -0.365 e. The molecule has 13 heteroatoms. The van der Waals surface area contributed by atoms with Crippen molar-refractivity contribution < 1.29 is 26.4 Å². The van der Waals surface area contributed by atoms with Crippen molar-refractivity contribution in [2.24, 2.45) is 0 Å². The maximum atomic E-state index is 13.4. The zero-order chi connectivity index (χ0) is 24.2. The van der Waals surface area contributed by atoms with Gasteiger partial charge in [-0.1, -0.05) is 12.1 Å². The number of aromatic nitrogens is 3. The van der Waals surface area contributed by atoms with Gasteiger partial charge in [0.2, 0.25) is 11.9 Å². The molecule has 9 nitrogen and oxygen atoms in total. The van der Waals surface area contributed by atoms with Crippen LogP contribution in [0.25, 0.3) is 0 Å². The molecule has 3 aromatic rings. The lowest BCUT2D eigenvalue weighted by atomic mass is 10.2. The van der Waals surface area contributed by atoms with E-state index in [9.17, 15) is 26.4 Å².